The van der Waals surface area contributed by atoms with Gasteiger partial charge in [-0.05, 0) is 61.9 Å². The number of ether oxygens (including phenoxy) is 2. The monoisotopic (exact) mass is 412 g/mol. The van der Waals surface area contributed by atoms with Gasteiger partial charge in [0.1, 0.15) is 5.75 Å². The zero-order valence-electron chi connectivity index (χ0n) is 16.9. The van der Waals surface area contributed by atoms with E-state index in [1.807, 2.05) is 0 Å². The predicted octanol–water partition coefficient (Wildman–Crippen LogP) is 3.19. The Balaban J connectivity index is 1.62. The maximum atomic E-state index is 11.9. The third kappa shape index (κ3) is 8.14. The summed E-state index contributed by atoms with van der Waals surface area (Å²) in [7, 11) is 0. The lowest BCUT2D eigenvalue weighted by Crippen LogP contribution is -2.21. The number of amides is 2. The molecule has 0 aliphatic rings. The maximum absolute atomic E-state index is 11.9. The zero-order valence-corrected chi connectivity index (χ0v) is 16.9. The van der Waals surface area contributed by atoms with Crippen molar-refractivity contribution in [3.05, 3.63) is 54.1 Å². The molecule has 0 saturated heterocycles. The van der Waals surface area contributed by atoms with Crippen LogP contribution in [-0.2, 0) is 19.1 Å². The van der Waals surface area contributed by atoms with E-state index in [2.05, 4.69) is 10.6 Å². The van der Waals surface area contributed by atoms with Crippen molar-refractivity contribution in [2.24, 2.45) is 0 Å². The number of benzene rings is 2. The number of hydrogen-bond donors (Lipinski definition) is 2. The van der Waals surface area contributed by atoms with Gasteiger partial charge in [-0.15, -0.1) is 0 Å². The Morgan fingerprint density at radius 2 is 1.43 bits per heavy atom. The number of Topliss-reactive ketones (excluding diaryl/α,β-unsaturated/α-hetero) is 1. The Hall–Kier alpha value is -3.68. The minimum absolute atomic E-state index is 0.0182. The second-order valence-electron chi connectivity index (χ2n) is 6.50. The number of rotatable bonds is 10. The number of hydrogen-bond acceptors (Lipinski definition) is 6. The summed E-state index contributed by atoms with van der Waals surface area (Å²) < 4.78 is 10.5. The van der Waals surface area contributed by atoms with Crippen molar-refractivity contribution in [2.75, 3.05) is 23.8 Å². The summed E-state index contributed by atoms with van der Waals surface area (Å²) in [6.07, 6.45) is 0.545. The van der Waals surface area contributed by atoms with Crippen molar-refractivity contribution < 1.29 is 28.7 Å². The third-order valence-corrected chi connectivity index (χ3v) is 3.91. The molecule has 0 saturated carbocycles. The Bertz CT molecular complexity index is 891. The van der Waals surface area contributed by atoms with Gasteiger partial charge in [-0.2, -0.15) is 0 Å². The van der Waals surface area contributed by atoms with Gasteiger partial charge < -0.3 is 20.1 Å². The number of ketones is 1. The molecule has 0 atom stereocenters. The van der Waals surface area contributed by atoms with E-state index in [0.717, 1.165) is 0 Å². The van der Waals surface area contributed by atoms with Crippen LogP contribution in [0.3, 0.4) is 0 Å². The first-order valence-electron chi connectivity index (χ1n) is 9.40. The smallest absolute Gasteiger partial charge is 0.306 e. The SMILES string of the molecule is CC(=O)Nc1ccc(NC(=O)COC(=O)CCCOc2ccc(C(C)=O)cc2)cc1. The van der Waals surface area contributed by atoms with Crippen LogP contribution in [-0.4, -0.2) is 36.8 Å². The van der Waals surface area contributed by atoms with Crippen molar-refractivity contribution in [3.8, 4) is 5.75 Å². The summed E-state index contributed by atoms with van der Waals surface area (Å²) in [5.74, 6) is -0.554. The third-order valence-electron chi connectivity index (χ3n) is 3.91. The molecule has 30 heavy (non-hydrogen) atoms. The molecule has 0 aliphatic carbocycles. The van der Waals surface area contributed by atoms with Crippen LogP contribution in [0.5, 0.6) is 5.75 Å². The van der Waals surface area contributed by atoms with Gasteiger partial charge >= 0.3 is 5.97 Å². The molecular formula is C22H24N2O6. The first-order valence-corrected chi connectivity index (χ1v) is 9.40. The predicted molar refractivity (Wildman–Crippen MR) is 112 cm³/mol. The molecule has 8 nitrogen and oxygen atoms in total. The van der Waals surface area contributed by atoms with E-state index in [-0.39, 0.29) is 24.7 Å². The van der Waals surface area contributed by atoms with E-state index >= 15 is 0 Å². The second-order valence-corrected chi connectivity index (χ2v) is 6.50. The number of carbonyl (C=O) groups excluding carboxylic acids is 4. The zero-order chi connectivity index (χ0) is 21.9. The first kappa shape index (κ1) is 22.6. The molecule has 2 rings (SSSR count). The lowest BCUT2D eigenvalue weighted by molar-refractivity contribution is -0.147. The van der Waals surface area contributed by atoms with Crippen LogP contribution in [0.4, 0.5) is 11.4 Å². The fourth-order valence-corrected chi connectivity index (χ4v) is 2.45. The van der Waals surface area contributed by atoms with Crippen molar-refractivity contribution in [1.29, 1.82) is 0 Å². The van der Waals surface area contributed by atoms with Crippen LogP contribution in [0.15, 0.2) is 48.5 Å². The normalized spacial score (nSPS) is 10.1. The molecule has 0 fully saturated rings. The number of anilines is 2. The van der Waals surface area contributed by atoms with Gasteiger partial charge in [0.25, 0.3) is 5.91 Å². The minimum atomic E-state index is -0.498. The molecular weight excluding hydrogens is 388 g/mol. The van der Waals surface area contributed by atoms with Crippen LogP contribution in [0, 0.1) is 0 Å². The van der Waals surface area contributed by atoms with Crippen molar-refractivity contribution >= 4 is 34.9 Å². The molecule has 158 valence electrons. The molecule has 0 aliphatic heterocycles. The highest BCUT2D eigenvalue weighted by Gasteiger charge is 2.08. The summed E-state index contributed by atoms with van der Waals surface area (Å²) in [6, 6.07) is 13.3. The summed E-state index contributed by atoms with van der Waals surface area (Å²) in [6.45, 7) is 2.82. The van der Waals surface area contributed by atoms with Gasteiger partial charge in [0, 0.05) is 30.3 Å². The fourth-order valence-electron chi connectivity index (χ4n) is 2.45. The molecule has 2 N–H and O–H groups in total. The Morgan fingerprint density at radius 3 is 2.00 bits per heavy atom. The standard InChI is InChI=1S/C22H24N2O6/c1-15(25)17-5-11-20(12-6-17)29-13-3-4-22(28)30-14-21(27)24-19-9-7-18(8-10-19)23-16(2)26/h5-12H,3-4,13-14H2,1-2H3,(H,23,26)(H,24,27). The molecule has 0 radical (unpaired) electrons. The van der Waals surface area contributed by atoms with Crippen LogP contribution >= 0.6 is 0 Å². The van der Waals surface area contributed by atoms with Crippen LogP contribution in [0.1, 0.15) is 37.0 Å². The molecule has 2 aromatic rings. The molecule has 2 aromatic carbocycles. The van der Waals surface area contributed by atoms with Crippen molar-refractivity contribution in [2.45, 2.75) is 26.7 Å². The van der Waals surface area contributed by atoms with Gasteiger partial charge in [0.05, 0.1) is 6.61 Å². The number of esters is 1. The molecule has 0 bridgehead atoms. The highest BCUT2D eigenvalue weighted by molar-refractivity contribution is 5.94. The molecule has 0 heterocycles. The minimum Gasteiger partial charge on any atom is -0.494 e. The average Bonchev–Trinajstić information content (AvgIpc) is 2.71. The van der Waals surface area contributed by atoms with Gasteiger partial charge in [-0.25, -0.2) is 0 Å². The van der Waals surface area contributed by atoms with E-state index in [4.69, 9.17) is 9.47 Å². The van der Waals surface area contributed by atoms with Crippen LogP contribution in [0.2, 0.25) is 0 Å². The summed E-state index contributed by atoms with van der Waals surface area (Å²) >= 11 is 0. The average molecular weight is 412 g/mol. The molecule has 0 spiro atoms. The summed E-state index contributed by atoms with van der Waals surface area (Å²) in [5, 5.41) is 5.22. The van der Waals surface area contributed by atoms with Crippen LogP contribution in [0.25, 0.3) is 0 Å². The maximum Gasteiger partial charge on any atom is 0.306 e. The quantitative estimate of drug-likeness (QED) is 0.352. The largest absolute Gasteiger partial charge is 0.494 e. The number of nitrogens with one attached hydrogen (secondary N) is 2. The van der Waals surface area contributed by atoms with Crippen molar-refractivity contribution in [1.82, 2.24) is 0 Å². The van der Waals surface area contributed by atoms with E-state index in [1.54, 1.807) is 48.5 Å². The molecule has 0 aromatic heterocycles. The van der Waals surface area contributed by atoms with Crippen molar-refractivity contribution in [3.63, 3.8) is 0 Å². The van der Waals surface area contributed by atoms with E-state index in [0.29, 0.717) is 35.7 Å². The molecule has 8 heteroatoms. The first-order chi connectivity index (χ1) is 14.3. The molecule has 0 unspecified atom stereocenters. The second kappa shape index (κ2) is 11.4. The lowest BCUT2D eigenvalue weighted by Gasteiger charge is -2.08. The summed E-state index contributed by atoms with van der Waals surface area (Å²) in [5.41, 5.74) is 1.74. The fraction of sp³-hybridized carbons (Fsp3) is 0.273. The topological polar surface area (TPSA) is 111 Å². The van der Waals surface area contributed by atoms with E-state index < -0.39 is 11.9 Å². The van der Waals surface area contributed by atoms with Gasteiger partial charge in [-0.1, -0.05) is 0 Å². The Labute approximate surface area is 174 Å². The lowest BCUT2D eigenvalue weighted by atomic mass is 10.1. The van der Waals surface area contributed by atoms with Gasteiger partial charge in [-0.3, -0.25) is 19.2 Å². The van der Waals surface area contributed by atoms with E-state index in [1.165, 1.54) is 13.8 Å². The molecule has 2 amide bonds. The highest BCUT2D eigenvalue weighted by atomic mass is 16.5. The Morgan fingerprint density at radius 1 is 0.833 bits per heavy atom. The van der Waals surface area contributed by atoms with Gasteiger partial charge in [0.15, 0.2) is 12.4 Å². The van der Waals surface area contributed by atoms with Crippen LogP contribution < -0.4 is 15.4 Å². The van der Waals surface area contributed by atoms with Gasteiger partial charge in [0.2, 0.25) is 5.91 Å². The van der Waals surface area contributed by atoms with E-state index in [9.17, 15) is 19.2 Å². The summed E-state index contributed by atoms with van der Waals surface area (Å²) in [4.78, 5) is 45.8. The Kier molecular flexibility index (Phi) is 8.56. The number of carbonyl (C=O) groups is 4. The highest BCUT2D eigenvalue weighted by Crippen LogP contribution is 2.14.